The Morgan fingerprint density at radius 2 is 1.91 bits per heavy atom. The summed E-state index contributed by atoms with van der Waals surface area (Å²) in [6, 6.07) is 7.55. The predicted molar refractivity (Wildman–Crippen MR) is 112 cm³/mol. The molecule has 7 nitrogen and oxygen atoms in total. The molecule has 32 heavy (non-hydrogen) atoms. The van der Waals surface area contributed by atoms with Crippen LogP contribution in [0.15, 0.2) is 42.7 Å². The van der Waals surface area contributed by atoms with Crippen LogP contribution in [0.5, 0.6) is 0 Å². The molecule has 0 saturated heterocycles. The van der Waals surface area contributed by atoms with Crippen molar-refractivity contribution in [2.45, 2.75) is 40.0 Å². The fourth-order valence-corrected chi connectivity index (χ4v) is 3.28. The summed E-state index contributed by atoms with van der Waals surface area (Å²) in [5.41, 5.74) is 2.25. The normalized spacial score (nSPS) is 11.8. The largest absolute Gasteiger partial charge is 0.433 e. The standard InChI is InChI=1S/C22H21F3N6O/c1-4-30-12-15(11-27-30)10-26-21(32)18-9-20-28-17(16-6-5-13(2)14(3)7-16)8-19(22(23,24)25)31(20)29-18/h5-9,11-12H,4,10H2,1-3H3,(H,26,32). The number of halogens is 3. The van der Waals surface area contributed by atoms with Gasteiger partial charge in [0.05, 0.1) is 11.9 Å². The molecule has 1 aromatic carbocycles. The van der Waals surface area contributed by atoms with E-state index in [0.717, 1.165) is 22.8 Å². The van der Waals surface area contributed by atoms with Gasteiger partial charge in [0.15, 0.2) is 17.0 Å². The number of nitrogens with one attached hydrogen (secondary N) is 1. The molecule has 0 spiro atoms. The van der Waals surface area contributed by atoms with Gasteiger partial charge < -0.3 is 5.32 Å². The number of benzene rings is 1. The van der Waals surface area contributed by atoms with Crippen molar-refractivity contribution in [2.75, 3.05) is 0 Å². The lowest BCUT2D eigenvalue weighted by Crippen LogP contribution is -2.23. The van der Waals surface area contributed by atoms with Crippen LogP contribution in [0.2, 0.25) is 0 Å². The van der Waals surface area contributed by atoms with E-state index in [1.165, 1.54) is 6.07 Å². The monoisotopic (exact) mass is 442 g/mol. The first-order chi connectivity index (χ1) is 15.2. The van der Waals surface area contributed by atoms with Gasteiger partial charge in [-0.25, -0.2) is 9.50 Å². The molecule has 3 heterocycles. The number of nitrogens with zero attached hydrogens (tertiary/aromatic N) is 5. The molecule has 166 valence electrons. The summed E-state index contributed by atoms with van der Waals surface area (Å²) < 4.78 is 43.7. The Morgan fingerprint density at radius 1 is 1.12 bits per heavy atom. The molecular formula is C22H21F3N6O. The van der Waals surface area contributed by atoms with Gasteiger partial charge in [0.25, 0.3) is 5.91 Å². The molecule has 1 amide bonds. The summed E-state index contributed by atoms with van der Waals surface area (Å²) in [5.74, 6) is -0.597. The Morgan fingerprint density at radius 3 is 2.56 bits per heavy atom. The number of fused-ring (bicyclic) bond motifs is 1. The summed E-state index contributed by atoms with van der Waals surface area (Å²) in [6.07, 6.45) is -1.28. The number of aromatic nitrogens is 5. The molecule has 0 bridgehead atoms. The van der Waals surface area contributed by atoms with Crippen molar-refractivity contribution in [2.24, 2.45) is 0 Å². The molecule has 3 aromatic heterocycles. The summed E-state index contributed by atoms with van der Waals surface area (Å²) in [7, 11) is 0. The fourth-order valence-electron chi connectivity index (χ4n) is 3.28. The van der Waals surface area contributed by atoms with E-state index >= 15 is 0 Å². The number of hydrogen-bond donors (Lipinski definition) is 1. The van der Waals surface area contributed by atoms with Gasteiger partial charge >= 0.3 is 6.18 Å². The van der Waals surface area contributed by atoms with Gasteiger partial charge in [-0.1, -0.05) is 12.1 Å². The number of rotatable bonds is 5. The predicted octanol–water partition coefficient (Wildman–Crippen LogP) is 4.18. The van der Waals surface area contributed by atoms with Crippen LogP contribution in [-0.2, 0) is 19.3 Å². The quantitative estimate of drug-likeness (QED) is 0.503. The maximum absolute atomic E-state index is 13.8. The van der Waals surface area contributed by atoms with E-state index in [1.807, 2.05) is 26.8 Å². The Balaban J connectivity index is 1.69. The second-order valence-electron chi connectivity index (χ2n) is 7.51. The SMILES string of the molecule is CCn1cc(CNC(=O)c2cc3nc(-c4ccc(C)c(C)c4)cc(C(F)(F)F)n3n2)cn1. The summed E-state index contributed by atoms with van der Waals surface area (Å²) >= 11 is 0. The maximum Gasteiger partial charge on any atom is 0.433 e. The molecule has 10 heteroatoms. The van der Waals surface area contributed by atoms with Gasteiger partial charge in [0.1, 0.15) is 0 Å². The van der Waals surface area contributed by atoms with E-state index in [9.17, 15) is 18.0 Å². The second kappa shape index (κ2) is 8.10. The Labute approximate surface area is 181 Å². The zero-order valence-corrected chi connectivity index (χ0v) is 17.7. The summed E-state index contributed by atoms with van der Waals surface area (Å²) in [4.78, 5) is 16.9. The molecule has 0 unspecified atom stereocenters. The lowest BCUT2D eigenvalue weighted by atomic mass is 10.0. The minimum atomic E-state index is -4.68. The van der Waals surface area contributed by atoms with Crippen molar-refractivity contribution >= 4 is 11.6 Å². The molecule has 4 aromatic rings. The van der Waals surface area contributed by atoms with Gasteiger partial charge in [0, 0.05) is 36.5 Å². The highest BCUT2D eigenvalue weighted by molar-refractivity contribution is 5.93. The number of alkyl halides is 3. The average Bonchev–Trinajstić information content (AvgIpc) is 3.39. The molecule has 0 saturated carbocycles. The number of hydrogen-bond acceptors (Lipinski definition) is 4. The van der Waals surface area contributed by atoms with Crippen molar-refractivity contribution in [3.8, 4) is 11.3 Å². The van der Waals surface area contributed by atoms with E-state index in [0.29, 0.717) is 16.6 Å². The topological polar surface area (TPSA) is 77.1 Å². The number of carbonyl (C=O) groups excluding carboxylic acids is 1. The van der Waals surface area contributed by atoms with Crippen molar-refractivity contribution in [1.82, 2.24) is 29.7 Å². The molecule has 1 N–H and O–H groups in total. The van der Waals surface area contributed by atoms with E-state index < -0.39 is 17.8 Å². The highest BCUT2D eigenvalue weighted by atomic mass is 19.4. The third-order valence-electron chi connectivity index (χ3n) is 5.22. The van der Waals surface area contributed by atoms with Crippen molar-refractivity contribution < 1.29 is 18.0 Å². The molecule has 0 atom stereocenters. The number of aryl methyl sites for hydroxylation is 3. The highest BCUT2D eigenvalue weighted by Crippen LogP contribution is 2.32. The van der Waals surface area contributed by atoms with Gasteiger partial charge in [-0.05, 0) is 44.0 Å². The lowest BCUT2D eigenvalue weighted by molar-refractivity contribution is -0.142. The smallest absolute Gasteiger partial charge is 0.346 e. The van der Waals surface area contributed by atoms with Gasteiger partial charge in [-0.15, -0.1) is 0 Å². The van der Waals surface area contributed by atoms with E-state index in [1.54, 1.807) is 29.2 Å². The number of carbonyl (C=O) groups is 1. The van der Waals surface area contributed by atoms with Crippen LogP contribution in [0.1, 0.15) is 39.8 Å². The van der Waals surface area contributed by atoms with Crippen LogP contribution < -0.4 is 5.32 Å². The van der Waals surface area contributed by atoms with E-state index in [-0.39, 0.29) is 23.6 Å². The molecule has 0 fully saturated rings. The third kappa shape index (κ3) is 4.20. The van der Waals surface area contributed by atoms with Crippen LogP contribution in [0, 0.1) is 13.8 Å². The first-order valence-corrected chi connectivity index (χ1v) is 10.0. The zero-order chi connectivity index (χ0) is 23.0. The van der Waals surface area contributed by atoms with Gasteiger partial charge in [0.2, 0.25) is 0 Å². The summed E-state index contributed by atoms with van der Waals surface area (Å²) in [6.45, 7) is 6.61. The Kier molecular flexibility index (Phi) is 5.45. The first-order valence-electron chi connectivity index (χ1n) is 10.0. The summed E-state index contributed by atoms with van der Waals surface area (Å²) in [5, 5.41) is 10.7. The van der Waals surface area contributed by atoms with Gasteiger partial charge in [-0.2, -0.15) is 23.4 Å². The van der Waals surface area contributed by atoms with Gasteiger partial charge in [-0.3, -0.25) is 9.48 Å². The van der Waals surface area contributed by atoms with Crippen molar-refractivity contribution in [3.63, 3.8) is 0 Å². The molecule has 4 rings (SSSR count). The third-order valence-corrected chi connectivity index (χ3v) is 5.22. The zero-order valence-electron chi connectivity index (χ0n) is 17.7. The van der Waals surface area contributed by atoms with E-state index in [4.69, 9.17) is 0 Å². The molecule has 0 aliphatic rings. The minimum absolute atomic E-state index is 0.0583. The minimum Gasteiger partial charge on any atom is -0.346 e. The Bertz CT molecular complexity index is 1300. The second-order valence-corrected chi connectivity index (χ2v) is 7.51. The molecule has 0 aliphatic carbocycles. The van der Waals surface area contributed by atoms with Crippen LogP contribution >= 0.6 is 0 Å². The first kappa shape index (κ1) is 21.5. The van der Waals surface area contributed by atoms with Crippen LogP contribution in [0.4, 0.5) is 13.2 Å². The number of amides is 1. The van der Waals surface area contributed by atoms with Crippen molar-refractivity contribution in [1.29, 1.82) is 0 Å². The lowest BCUT2D eigenvalue weighted by Gasteiger charge is -2.11. The molecular weight excluding hydrogens is 421 g/mol. The molecule has 0 aliphatic heterocycles. The van der Waals surface area contributed by atoms with Crippen LogP contribution in [-0.4, -0.2) is 30.3 Å². The Hall–Kier alpha value is -3.69. The van der Waals surface area contributed by atoms with Crippen LogP contribution in [0.25, 0.3) is 16.9 Å². The van der Waals surface area contributed by atoms with Crippen molar-refractivity contribution in [3.05, 3.63) is 70.8 Å². The van der Waals surface area contributed by atoms with Crippen LogP contribution in [0.3, 0.4) is 0 Å². The average molecular weight is 442 g/mol. The maximum atomic E-state index is 13.8. The van der Waals surface area contributed by atoms with E-state index in [2.05, 4.69) is 20.5 Å². The molecule has 0 radical (unpaired) electrons. The highest BCUT2D eigenvalue weighted by Gasteiger charge is 2.35. The fraction of sp³-hybridized carbons (Fsp3) is 0.273.